The van der Waals surface area contributed by atoms with Gasteiger partial charge in [0, 0.05) is 22.8 Å². The minimum atomic E-state index is -0.532. The number of nitrogens with one attached hydrogen (secondary N) is 2. The van der Waals surface area contributed by atoms with Crippen molar-refractivity contribution in [2.75, 3.05) is 32.0 Å². The van der Waals surface area contributed by atoms with E-state index in [0.29, 0.717) is 22.2 Å². The maximum Gasteiger partial charge on any atom is 0.340 e. The number of hydrogen-bond donors (Lipinski definition) is 2. The van der Waals surface area contributed by atoms with Gasteiger partial charge in [-0.25, -0.2) is 4.79 Å². The van der Waals surface area contributed by atoms with Gasteiger partial charge in [0.1, 0.15) is 0 Å². The number of benzene rings is 2. The standard InChI is InChI=1S/C18H19ClN2O4S/c1-10-12(19)6-5-7-13(10)20-18(26)21-14-9-16(24-3)15(23-2)8-11(14)17(22)25-4/h5-9H,1-4H3,(H2,20,21,26). The summed E-state index contributed by atoms with van der Waals surface area (Å²) in [6.07, 6.45) is 0. The highest BCUT2D eigenvalue weighted by molar-refractivity contribution is 7.80. The Labute approximate surface area is 162 Å². The Hall–Kier alpha value is -2.51. The second kappa shape index (κ2) is 8.73. The van der Waals surface area contributed by atoms with Crippen LogP contribution in [0.3, 0.4) is 0 Å². The number of carbonyl (C=O) groups excluding carboxylic acids is 1. The zero-order valence-electron chi connectivity index (χ0n) is 14.8. The highest BCUT2D eigenvalue weighted by atomic mass is 35.5. The minimum absolute atomic E-state index is 0.261. The van der Waals surface area contributed by atoms with Crippen molar-refractivity contribution in [1.82, 2.24) is 0 Å². The van der Waals surface area contributed by atoms with Crippen LogP contribution in [0.2, 0.25) is 5.02 Å². The number of rotatable bonds is 5. The largest absolute Gasteiger partial charge is 0.493 e. The SMILES string of the molecule is COC(=O)c1cc(OC)c(OC)cc1NC(=S)Nc1cccc(Cl)c1C. The van der Waals surface area contributed by atoms with Crippen LogP contribution < -0.4 is 20.1 Å². The van der Waals surface area contributed by atoms with Crippen molar-refractivity contribution in [3.05, 3.63) is 46.5 Å². The van der Waals surface area contributed by atoms with Gasteiger partial charge in [-0.1, -0.05) is 17.7 Å². The highest BCUT2D eigenvalue weighted by Crippen LogP contribution is 2.34. The van der Waals surface area contributed by atoms with Crippen LogP contribution in [0.5, 0.6) is 11.5 Å². The van der Waals surface area contributed by atoms with Gasteiger partial charge in [0.05, 0.1) is 32.6 Å². The summed E-state index contributed by atoms with van der Waals surface area (Å²) in [4.78, 5) is 12.1. The van der Waals surface area contributed by atoms with Crippen LogP contribution in [-0.2, 0) is 4.74 Å². The molecule has 138 valence electrons. The molecule has 2 rings (SSSR count). The third-order valence-corrected chi connectivity index (χ3v) is 4.31. The summed E-state index contributed by atoms with van der Waals surface area (Å²) in [5, 5.41) is 6.96. The predicted octanol–water partition coefficient (Wildman–Crippen LogP) is 4.26. The van der Waals surface area contributed by atoms with Crippen molar-refractivity contribution >= 4 is 46.3 Å². The number of methoxy groups -OCH3 is 3. The molecule has 2 N–H and O–H groups in total. The van der Waals surface area contributed by atoms with Gasteiger partial charge in [0.15, 0.2) is 16.6 Å². The molecule has 2 aromatic carbocycles. The van der Waals surface area contributed by atoms with E-state index in [4.69, 9.17) is 38.0 Å². The minimum Gasteiger partial charge on any atom is -0.493 e. The topological polar surface area (TPSA) is 68.8 Å². The summed E-state index contributed by atoms with van der Waals surface area (Å²) in [7, 11) is 4.29. The lowest BCUT2D eigenvalue weighted by molar-refractivity contribution is 0.0601. The Morgan fingerprint density at radius 2 is 1.65 bits per heavy atom. The molecule has 0 aliphatic carbocycles. The summed E-state index contributed by atoms with van der Waals surface area (Å²) in [5.74, 6) is 0.322. The molecule has 0 saturated carbocycles. The molecule has 0 amide bonds. The van der Waals surface area contributed by atoms with Gasteiger partial charge in [-0.15, -0.1) is 0 Å². The normalized spacial score (nSPS) is 10.0. The summed E-state index contributed by atoms with van der Waals surface area (Å²) >= 11 is 11.5. The first-order valence-corrected chi connectivity index (χ1v) is 8.37. The van der Waals surface area contributed by atoms with Crippen LogP contribution in [0.15, 0.2) is 30.3 Å². The van der Waals surface area contributed by atoms with E-state index >= 15 is 0 Å². The zero-order chi connectivity index (χ0) is 19.3. The Morgan fingerprint density at radius 1 is 1.04 bits per heavy atom. The third kappa shape index (κ3) is 4.36. The van der Waals surface area contributed by atoms with Crippen molar-refractivity contribution in [2.45, 2.75) is 6.92 Å². The molecule has 0 unspecified atom stereocenters. The highest BCUT2D eigenvalue weighted by Gasteiger charge is 2.18. The molecule has 0 bridgehead atoms. The van der Waals surface area contributed by atoms with Crippen molar-refractivity contribution in [3.63, 3.8) is 0 Å². The fraction of sp³-hybridized carbons (Fsp3) is 0.222. The lowest BCUT2D eigenvalue weighted by Crippen LogP contribution is -2.21. The van der Waals surface area contributed by atoms with Crippen molar-refractivity contribution in [1.29, 1.82) is 0 Å². The number of esters is 1. The molecule has 0 spiro atoms. The van der Waals surface area contributed by atoms with Crippen LogP contribution in [0.4, 0.5) is 11.4 Å². The molecule has 6 nitrogen and oxygen atoms in total. The van der Waals surface area contributed by atoms with E-state index in [0.717, 1.165) is 11.3 Å². The van der Waals surface area contributed by atoms with E-state index in [1.807, 2.05) is 19.1 Å². The average Bonchev–Trinajstić information content (AvgIpc) is 2.64. The quantitative estimate of drug-likeness (QED) is 0.580. The van der Waals surface area contributed by atoms with Gasteiger partial charge < -0.3 is 24.8 Å². The maximum absolute atomic E-state index is 12.1. The molecule has 0 heterocycles. The lowest BCUT2D eigenvalue weighted by Gasteiger charge is -2.17. The van der Waals surface area contributed by atoms with Crippen LogP contribution in [0.25, 0.3) is 0 Å². The van der Waals surface area contributed by atoms with E-state index < -0.39 is 5.97 Å². The van der Waals surface area contributed by atoms with Crippen LogP contribution in [-0.4, -0.2) is 32.4 Å². The lowest BCUT2D eigenvalue weighted by atomic mass is 10.1. The van der Waals surface area contributed by atoms with Gasteiger partial charge in [-0.2, -0.15) is 0 Å². The molecular formula is C18H19ClN2O4S. The van der Waals surface area contributed by atoms with E-state index in [1.54, 1.807) is 12.1 Å². The Balaban J connectivity index is 2.33. The van der Waals surface area contributed by atoms with E-state index in [2.05, 4.69) is 10.6 Å². The molecule has 0 radical (unpaired) electrons. The monoisotopic (exact) mass is 394 g/mol. The van der Waals surface area contributed by atoms with Crippen molar-refractivity contribution in [2.24, 2.45) is 0 Å². The molecule has 0 atom stereocenters. The van der Waals surface area contributed by atoms with E-state index in [9.17, 15) is 4.79 Å². The number of hydrogen-bond acceptors (Lipinski definition) is 5. The molecular weight excluding hydrogens is 376 g/mol. The molecule has 2 aromatic rings. The number of ether oxygens (including phenoxy) is 3. The molecule has 26 heavy (non-hydrogen) atoms. The fourth-order valence-electron chi connectivity index (χ4n) is 2.28. The van der Waals surface area contributed by atoms with Gasteiger partial charge in [0.25, 0.3) is 0 Å². The summed E-state index contributed by atoms with van der Waals surface area (Å²) in [5.41, 5.74) is 2.30. The molecule has 8 heteroatoms. The number of anilines is 2. The average molecular weight is 395 g/mol. The molecule has 0 aromatic heterocycles. The van der Waals surface area contributed by atoms with E-state index in [1.165, 1.54) is 27.4 Å². The summed E-state index contributed by atoms with van der Waals surface area (Å²) in [6, 6.07) is 8.61. The first-order chi connectivity index (χ1) is 12.4. The Bertz CT molecular complexity index is 842. The third-order valence-electron chi connectivity index (χ3n) is 3.69. The number of carbonyl (C=O) groups is 1. The predicted molar refractivity (Wildman–Crippen MR) is 107 cm³/mol. The molecule has 0 fully saturated rings. The summed E-state index contributed by atoms with van der Waals surface area (Å²) in [6.45, 7) is 1.88. The first-order valence-electron chi connectivity index (χ1n) is 7.58. The van der Waals surface area contributed by atoms with Crippen molar-refractivity contribution in [3.8, 4) is 11.5 Å². The van der Waals surface area contributed by atoms with Crippen LogP contribution in [0, 0.1) is 6.92 Å². The zero-order valence-corrected chi connectivity index (χ0v) is 16.4. The molecule has 0 saturated heterocycles. The molecule has 0 aliphatic rings. The Morgan fingerprint density at radius 3 is 2.27 bits per heavy atom. The smallest absolute Gasteiger partial charge is 0.340 e. The second-order valence-electron chi connectivity index (χ2n) is 5.24. The summed E-state index contributed by atoms with van der Waals surface area (Å²) < 4.78 is 15.3. The van der Waals surface area contributed by atoms with Gasteiger partial charge >= 0.3 is 5.97 Å². The number of thiocarbonyl (C=S) groups is 1. The fourth-order valence-corrected chi connectivity index (χ4v) is 2.67. The van der Waals surface area contributed by atoms with Gasteiger partial charge in [-0.05, 0) is 36.8 Å². The Kier molecular flexibility index (Phi) is 6.65. The second-order valence-corrected chi connectivity index (χ2v) is 6.05. The number of halogens is 1. The van der Waals surface area contributed by atoms with Gasteiger partial charge in [-0.3, -0.25) is 0 Å². The van der Waals surface area contributed by atoms with Crippen LogP contribution in [0.1, 0.15) is 15.9 Å². The van der Waals surface area contributed by atoms with Crippen molar-refractivity contribution < 1.29 is 19.0 Å². The first kappa shape index (κ1) is 19.8. The van der Waals surface area contributed by atoms with Gasteiger partial charge in [0.2, 0.25) is 0 Å². The van der Waals surface area contributed by atoms with Crippen LogP contribution >= 0.6 is 23.8 Å². The molecule has 0 aliphatic heterocycles. The van der Waals surface area contributed by atoms with E-state index in [-0.39, 0.29) is 10.7 Å². The maximum atomic E-state index is 12.1.